The summed E-state index contributed by atoms with van der Waals surface area (Å²) in [5.41, 5.74) is 1.25. The number of quaternary nitrogens is 1. The van der Waals surface area contributed by atoms with Crippen molar-refractivity contribution in [3.8, 4) is 0 Å². The van der Waals surface area contributed by atoms with Crippen LogP contribution in [-0.2, 0) is 11.2 Å². The van der Waals surface area contributed by atoms with Crippen molar-refractivity contribution in [1.29, 1.82) is 0 Å². The molecule has 0 aliphatic carbocycles. The second-order valence-electron chi connectivity index (χ2n) is 8.26. The fourth-order valence-electron chi connectivity index (χ4n) is 3.82. The van der Waals surface area contributed by atoms with Gasteiger partial charge in [-0.15, -0.1) is 0 Å². The highest BCUT2D eigenvalue weighted by Crippen LogP contribution is 2.25. The van der Waals surface area contributed by atoms with E-state index in [2.05, 4.69) is 19.1 Å². The first kappa shape index (κ1) is 21.7. The Balaban J connectivity index is 2.66. The molecular weight excluding hydrogens is 310 g/mol. The average Bonchev–Trinajstić information content (AvgIpc) is 2.53. The molecule has 3 heteroatoms. The van der Waals surface area contributed by atoms with E-state index in [1.807, 2.05) is 39.3 Å². The summed E-state index contributed by atoms with van der Waals surface area (Å²) in [5.74, 6) is -0.494. The van der Waals surface area contributed by atoms with Crippen LogP contribution in [-0.4, -0.2) is 42.7 Å². The molecule has 1 rings (SSSR count). The number of nitrogens with zero attached hydrogens (tertiary/aromatic N) is 1. The zero-order valence-corrected chi connectivity index (χ0v) is 16.7. The van der Waals surface area contributed by atoms with Gasteiger partial charge in [0, 0.05) is 5.92 Å². The molecule has 0 heterocycles. The van der Waals surface area contributed by atoms with Crippen LogP contribution >= 0.6 is 0 Å². The highest BCUT2D eigenvalue weighted by atomic mass is 16.4. The summed E-state index contributed by atoms with van der Waals surface area (Å²) < 4.78 is 0.476. The minimum absolute atomic E-state index is 0.176. The van der Waals surface area contributed by atoms with Gasteiger partial charge in [-0.05, 0) is 18.4 Å². The Hall–Kier alpha value is -1.35. The summed E-state index contributed by atoms with van der Waals surface area (Å²) in [5, 5.41) is 9.84. The summed E-state index contributed by atoms with van der Waals surface area (Å²) in [7, 11) is 6.00. The molecule has 0 aliphatic heterocycles. The highest BCUT2D eigenvalue weighted by molar-refractivity contribution is 5.72. The number of rotatable bonds is 13. The van der Waals surface area contributed by atoms with Crippen molar-refractivity contribution in [3.05, 3.63) is 35.9 Å². The number of likely N-dealkylation sites (N-methyl/N-ethyl adjacent to an activating group) is 1. The van der Waals surface area contributed by atoms with Gasteiger partial charge in [0.1, 0.15) is 0 Å². The van der Waals surface area contributed by atoms with E-state index in [-0.39, 0.29) is 12.0 Å². The topological polar surface area (TPSA) is 37.3 Å². The SMILES string of the molecule is CCCCCCCCCC(Cc1ccccc1)C(C(=O)O)[N+](C)(C)C. The molecule has 25 heavy (non-hydrogen) atoms. The molecule has 2 unspecified atom stereocenters. The van der Waals surface area contributed by atoms with E-state index in [1.54, 1.807) is 0 Å². The van der Waals surface area contributed by atoms with Gasteiger partial charge < -0.3 is 9.59 Å². The van der Waals surface area contributed by atoms with E-state index < -0.39 is 5.97 Å². The fourth-order valence-corrected chi connectivity index (χ4v) is 3.82. The lowest BCUT2D eigenvalue weighted by Crippen LogP contribution is -2.54. The van der Waals surface area contributed by atoms with E-state index in [0.717, 1.165) is 19.3 Å². The average molecular weight is 349 g/mol. The summed E-state index contributed by atoms with van der Waals surface area (Å²) in [6.45, 7) is 2.24. The molecule has 1 aromatic carbocycles. The van der Waals surface area contributed by atoms with Gasteiger partial charge >= 0.3 is 5.97 Å². The van der Waals surface area contributed by atoms with Crippen molar-refractivity contribution in [2.75, 3.05) is 21.1 Å². The van der Waals surface area contributed by atoms with Gasteiger partial charge in [-0.25, -0.2) is 4.79 Å². The Morgan fingerprint density at radius 3 is 2.04 bits per heavy atom. The molecular formula is C22H38NO2+. The number of hydrogen-bond donors (Lipinski definition) is 1. The van der Waals surface area contributed by atoms with Gasteiger partial charge in [0.2, 0.25) is 0 Å². The third kappa shape index (κ3) is 8.53. The molecule has 0 aliphatic rings. The standard InChI is InChI=1S/C22H37NO2/c1-5-6-7-8-9-10-14-17-20(18-19-15-12-11-13-16-19)21(22(24)25)23(2,3)4/h11-13,15-16,20-21H,5-10,14,17-18H2,1-4H3/p+1. The number of carbonyl (C=O) groups is 1. The minimum atomic E-state index is -0.670. The molecule has 0 aromatic heterocycles. The number of aliphatic carboxylic acids is 1. The second-order valence-corrected chi connectivity index (χ2v) is 8.26. The molecule has 1 aromatic rings. The Morgan fingerprint density at radius 2 is 1.52 bits per heavy atom. The van der Waals surface area contributed by atoms with Gasteiger partial charge in [-0.3, -0.25) is 0 Å². The quantitative estimate of drug-likeness (QED) is 0.395. The lowest BCUT2D eigenvalue weighted by molar-refractivity contribution is -0.891. The highest BCUT2D eigenvalue weighted by Gasteiger charge is 2.38. The Kier molecular flexibility index (Phi) is 9.81. The van der Waals surface area contributed by atoms with Crippen LogP contribution in [0.3, 0.4) is 0 Å². The summed E-state index contributed by atoms with van der Waals surface area (Å²) in [4.78, 5) is 12.0. The van der Waals surface area contributed by atoms with Crippen LogP contribution in [0.5, 0.6) is 0 Å². The van der Waals surface area contributed by atoms with E-state index in [1.165, 1.54) is 44.1 Å². The fraction of sp³-hybridized carbons (Fsp3) is 0.682. The van der Waals surface area contributed by atoms with Crippen LogP contribution < -0.4 is 0 Å². The van der Waals surface area contributed by atoms with Gasteiger partial charge in [0.05, 0.1) is 21.1 Å². The van der Waals surface area contributed by atoms with Crippen molar-refractivity contribution in [2.45, 2.75) is 70.8 Å². The molecule has 0 saturated heterocycles. The first-order valence-corrected chi connectivity index (χ1v) is 9.94. The van der Waals surface area contributed by atoms with E-state index in [9.17, 15) is 9.90 Å². The van der Waals surface area contributed by atoms with Crippen LogP contribution in [0.1, 0.15) is 63.9 Å². The Bertz CT molecular complexity index is 479. The van der Waals surface area contributed by atoms with Gasteiger partial charge in [-0.2, -0.15) is 0 Å². The van der Waals surface area contributed by atoms with E-state index >= 15 is 0 Å². The third-order valence-electron chi connectivity index (χ3n) is 5.05. The van der Waals surface area contributed by atoms with Crippen molar-refractivity contribution >= 4 is 5.97 Å². The van der Waals surface area contributed by atoms with Crippen LogP contribution in [0.15, 0.2) is 30.3 Å². The lowest BCUT2D eigenvalue weighted by atomic mass is 9.86. The lowest BCUT2D eigenvalue weighted by Gasteiger charge is -2.36. The molecule has 0 radical (unpaired) electrons. The Labute approximate surface area is 154 Å². The van der Waals surface area contributed by atoms with Crippen molar-refractivity contribution in [2.24, 2.45) is 5.92 Å². The molecule has 2 atom stereocenters. The number of carboxylic acid groups (broad SMARTS) is 1. The Morgan fingerprint density at radius 1 is 0.960 bits per heavy atom. The summed E-state index contributed by atoms with van der Waals surface area (Å²) in [6, 6.07) is 9.98. The maximum Gasteiger partial charge on any atom is 0.362 e. The molecule has 1 N–H and O–H groups in total. The molecule has 142 valence electrons. The van der Waals surface area contributed by atoms with Gasteiger partial charge in [-0.1, -0.05) is 82.2 Å². The van der Waals surface area contributed by atoms with Crippen LogP contribution in [0, 0.1) is 5.92 Å². The molecule has 0 fully saturated rings. The number of hydrogen-bond acceptors (Lipinski definition) is 1. The first-order chi connectivity index (χ1) is 11.9. The van der Waals surface area contributed by atoms with Crippen molar-refractivity contribution < 1.29 is 14.4 Å². The summed E-state index contributed by atoms with van der Waals surface area (Å²) >= 11 is 0. The van der Waals surface area contributed by atoms with Crippen molar-refractivity contribution in [3.63, 3.8) is 0 Å². The second kappa shape index (κ2) is 11.3. The van der Waals surface area contributed by atoms with Crippen LogP contribution in [0.2, 0.25) is 0 Å². The smallest absolute Gasteiger partial charge is 0.362 e. The number of carboxylic acids is 1. The van der Waals surface area contributed by atoms with Crippen molar-refractivity contribution in [1.82, 2.24) is 0 Å². The van der Waals surface area contributed by atoms with E-state index in [0.29, 0.717) is 4.48 Å². The zero-order valence-electron chi connectivity index (χ0n) is 16.7. The van der Waals surface area contributed by atoms with Crippen LogP contribution in [0.4, 0.5) is 0 Å². The minimum Gasteiger partial charge on any atom is -0.477 e. The zero-order chi connectivity index (χ0) is 18.7. The number of unbranched alkanes of at least 4 members (excludes halogenated alkanes) is 6. The van der Waals surface area contributed by atoms with Gasteiger partial charge in [0.25, 0.3) is 0 Å². The largest absolute Gasteiger partial charge is 0.477 e. The predicted octanol–water partition coefficient (Wildman–Crippen LogP) is 5.15. The first-order valence-electron chi connectivity index (χ1n) is 9.94. The number of benzene rings is 1. The third-order valence-corrected chi connectivity index (χ3v) is 5.05. The molecule has 0 bridgehead atoms. The normalized spacial score (nSPS) is 14.2. The van der Waals surface area contributed by atoms with E-state index in [4.69, 9.17) is 0 Å². The maximum absolute atomic E-state index is 12.0. The molecule has 3 nitrogen and oxygen atoms in total. The summed E-state index contributed by atoms with van der Waals surface area (Å²) in [6.07, 6.45) is 10.7. The molecule has 0 amide bonds. The molecule has 0 saturated carbocycles. The monoisotopic (exact) mass is 348 g/mol. The van der Waals surface area contributed by atoms with Gasteiger partial charge in [0.15, 0.2) is 6.04 Å². The maximum atomic E-state index is 12.0. The molecule has 0 spiro atoms. The predicted molar refractivity (Wildman–Crippen MR) is 106 cm³/mol. The van der Waals surface area contributed by atoms with Crippen LogP contribution in [0.25, 0.3) is 0 Å².